The van der Waals surface area contributed by atoms with Gasteiger partial charge in [-0.1, -0.05) is 18.2 Å². The Hall–Kier alpha value is -3.40. The second kappa shape index (κ2) is 8.99. The summed E-state index contributed by atoms with van der Waals surface area (Å²) < 4.78 is 52.0. The number of likely N-dealkylation sites (tertiary alicyclic amines) is 1. The van der Waals surface area contributed by atoms with Gasteiger partial charge in [-0.25, -0.2) is 14.2 Å². The number of aromatic amines is 1. The normalized spacial score (nSPS) is 17.4. The Morgan fingerprint density at radius 1 is 1.09 bits per heavy atom. The number of carbonyl (C=O) groups is 1. The number of aryl methyl sites for hydroxylation is 1. The Bertz CT molecular complexity index is 1230. The summed E-state index contributed by atoms with van der Waals surface area (Å²) in [5.74, 6) is 0.169. The Balaban J connectivity index is 1.20. The van der Waals surface area contributed by atoms with E-state index in [4.69, 9.17) is 0 Å². The number of amides is 2. The van der Waals surface area contributed by atoms with Crippen LogP contribution < -0.4 is 5.32 Å². The molecule has 10 heteroatoms. The number of rotatable bonds is 4. The number of halogens is 4. The monoisotopic (exact) mass is 487 g/mol. The van der Waals surface area contributed by atoms with Gasteiger partial charge in [0, 0.05) is 43.5 Å². The van der Waals surface area contributed by atoms with Crippen molar-refractivity contribution in [1.82, 2.24) is 19.8 Å². The van der Waals surface area contributed by atoms with Crippen LogP contribution in [0.1, 0.15) is 35.4 Å². The summed E-state index contributed by atoms with van der Waals surface area (Å²) in [5.41, 5.74) is 3.07. The predicted molar refractivity (Wildman–Crippen MR) is 123 cm³/mol. The standard InChI is InChI=1S/C25H25F4N5O/c1-15-22(31-23(30-15)16-2-5-18(6-3-16)25(27,28)29)14-33-10-8-20(9-11-33)34-13-17-4-7-19(26)12-21(17)32-24(34)35/h2-7,12,20H,8-11,13-14H2,1H3,(H,30,31)(H,32,35). The number of nitrogens with zero attached hydrogens (tertiary/aromatic N) is 3. The zero-order valence-electron chi connectivity index (χ0n) is 19.1. The lowest BCUT2D eigenvalue weighted by atomic mass is 10.0. The number of alkyl halides is 3. The second-order valence-corrected chi connectivity index (χ2v) is 9.10. The molecule has 5 rings (SSSR count). The van der Waals surface area contributed by atoms with Gasteiger partial charge in [0.15, 0.2) is 0 Å². The summed E-state index contributed by atoms with van der Waals surface area (Å²) in [6.07, 6.45) is -2.76. The van der Waals surface area contributed by atoms with E-state index in [-0.39, 0.29) is 17.9 Å². The van der Waals surface area contributed by atoms with Crippen LogP contribution >= 0.6 is 0 Å². The number of hydrogen-bond donors (Lipinski definition) is 2. The molecule has 2 aromatic carbocycles. The van der Waals surface area contributed by atoms with Crippen LogP contribution in [0.2, 0.25) is 0 Å². The SMILES string of the molecule is Cc1[nH]c(-c2ccc(C(F)(F)F)cc2)nc1CN1CCC(N2Cc3ccc(F)cc3NC2=O)CC1. The van der Waals surface area contributed by atoms with E-state index >= 15 is 0 Å². The molecule has 0 aliphatic carbocycles. The van der Waals surface area contributed by atoms with E-state index in [0.29, 0.717) is 30.2 Å². The first-order chi connectivity index (χ1) is 16.7. The maximum absolute atomic E-state index is 13.5. The smallest absolute Gasteiger partial charge is 0.342 e. The maximum atomic E-state index is 13.5. The fourth-order valence-corrected chi connectivity index (χ4v) is 4.75. The van der Waals surface area contributed by atoms with Crippen molar-refractivity contribution in [3.63, 3.8) is 0 Å². The van der Waals surface area contributed by atoms with Gasteiger partial charge in [-0.3, -0.25) is 4.90 Å². The van der Waals surface area contributed by atoms with Crippen molar-refractivity contribution in [2.45, 2.75) is 45.1 Å². The molecule has 3 aromatic rings. The minimum atomic E-state index is -4.37. The molecule has 0 saturated carbocycles. The van der Waals surface area contributed by atoms with E-state index < -0.39 is 11.7 Å². The number of nitrogens with one attached hydrogen (secondary N) is 2. The van der Waals surface area contributed by atoms with Crippen LogP contribution in [-0.4, -0.2) is 44.9 Å². The van der Waals surface area contributed by atoms with Crippen molar-refractivity contribution in [2.24, 2.45) is 0 Å². The average molecular weight is 488 g/mol. The highest BCUT2D eigenvalue weighted by molar-refractivity contribution is 5.92. The molecule has 1 aromatic heterocycles. The summed E-state index contributed by atoms with van der Waals surface area (Å²) in [6.45, 7) is 4.55. The lowest BCUT2D eigenvalue weighted by Gasteiger charge is -2.40. The summed E-state index contributed by atoms with van der Waals surface area (Å²) in [6, 6.07) is 9.31. The van der Waals surface area contributed by atoms with Crippen LogP contribution in [0.3, 0.4) is 0 Å². The zero-order chi connectivity index (χ0) is 24.7. The van der Waals surface area contributed by atoms with Crippen molar-refractivity contribution in [3.8, 4) is 11.4 Å². The molecule has 2 aliphatic rings. The number of aromatic nitrogens is 2. The third-order valence-corrected chi connectivity index (χ3v) is 6.76. The fraction of sp³-hybridized carbons (Fsp3) is 0.360. The molecule has 0 atom stereocenters. The highest BCUT2D eigenvalue weighted by Gasteiger charge is 2.32. The molecule has 0 unspecified atom stereocenters. The first kappa shape index (κ1) is 23.3. The molecular formula is C25H25F4N5O. The van der Waals surface area contributed by atoms with Crippen molar-refractivity contribution >= 4 is 11.7 Å². The number of hydrogen-bond acceptors (Lipinski definition) is 3. The molecule has 2 amide bonds. The molecule has 3 heterocycles. The van der Waals surface area contributed by atoms with Gasteiger partial charge in [0.1, 0.15) is 11.6 Å². The molecule has 2 aliphatic heterocycles. The van der Waals surface area contributed by atoms with Gasteiger partial charge in [-0.2, -0.15) is 13.2 Å². The lowest BCUT2D eigenvalue weighted by molar-refractivity contribution is -0.137. The third-order valence-electron chi connectivity index (χ3n) is 6.76. The van der Waals surface area contributed by atoms with Crippen LogP contribution in [-0.2, 0) is 19.3 Å². The van der Waals surface area contributed by atoms with Gasteiger partial charge in [-0.15, -0.1) is 0 Å². The molecule has 6 nitrogen and oxygen atoms in total. The molecular weight excluding hydrogens is 462 g/mol. The lowest BCUT2D eigenvalue weighted by Crippen LogP contribution is -2.50. The summed E-state index contributed by atoms with van der Waals surface area (Å²) in [5, 5.41) is 2.79. The zero-order valence-corrected chi connectivity index (χ0v) is 19.1. The number of H-pyrrole nitrogens is 1. The quantitative estimate of drug-likeness (QED) is 0.474. The molecule has 35 heavy (non-hydrogen) atoms. The fourth-order valence-electron chi connectivity index (χ4n) is 4.75. The van der Waals surface area contributed by atoms with Crippen molar-refractivity contribution in [3.05, 3.63) is 70.8 Å². The maximum Gasteiger partial charge on any atom is 0.416 e. The van der Waals surface area contributed by atoms with Gasteiger partial charge in [0.05, 0.1) is 16.9 Å². The van der Waals surface area contributed by atoms with E-state index in [2.05, 4.69) is 20.2 Å². The minimum absolute atomic E-state index is 0.0902. The van der Waals surface area contributed by atoms with Crippen molar-refractivity contribution in [1.29, 1.82) is 0 Å². The molecule has 2 N–H and O–H groups in total. The second-order valence-electron chi connectivity index (χ2n) is 9.10. The molecule has 0 spiro atoms. The van der Waals surface area contributed by atoms with Crippen LogP contribution in [0.25, 0.3) is 11.4 Å². The van der Waals surface area contributed by atoms with Crippen molar-refractivity contribution < 1.29 is 22.4 Å². The van der Waals surface area contributed by atoms with Crippen LogP contribution in [0.5, 0.6) is 0 Å². The van der Waals surface area contributed by atoms with E-state index in [1.165, 1.54) is 24.3 Å². The number of fused-ring (bicyclic) bond motifs is 1. The van der Waals surface area contributed by atoms with Crippen molar-refractivity contribution in [2.75, 3.05) is 18.4 Å². The highest BCUT2D eigenvalue weighted by atomic mass is 19.4. The van der Waals surface area contributed by atoms with E-state index in [0.717, 1.165) is 55.0 Å². The number of anilines is 1. The number of benzene rings is 2. The summed E-state index contributed by atoms with van der Waals surface area (Å²) in [4.78, 5) is 24.5. The number of carbonyl (C=O) groups excluding carboxylic acids is 1. The topological polar surface area (TPSA) is 64.3 Å². The van der Waals surface area contributed by atoms with E-state index in [9.17, 15) is 22.4 Å². The van der Waals surface area contributed by atoms with Crippen LogP contribution in [0.15, 0.2) is 42.5 Å². The predicted octanol–water partition coefficient (Wildman–Crippen LogP) is 5.56. The van der Waals surface area contributed by atoms with Gasteiger partial charge < -0.3 is 15.2 Å². The Morgan fingerprint density at radius 3 is 2.49 bits per heavy atom. The largest absolute Gasteiger partial charge is 0.416 e. The van der Waals surface area contributed by atoms with Gasteiger partial charge in [0.25, 0.3) is 0 Å². The Labute approximate surface area is 200 Å². The van der Waals surface area contributed by atoms with E-state index in [1.807, 2.05) is 11.8 Å². The van der Waals surface area contributed by atoms with Crippen LogP contribution in [0.4, 0.5) is 28.0 Å². The van der Waals surface area contributed by atoms with Gasteiger partial charge in [-0.05, 0) is 49.6 Å². The Morgan fingerprint density at radius 2 is 1.80 bits per heavy atom. The number of urea groups is 1. The minimum Gasteiger partial charge on any atom is -0.342 e. The average Bonchev–Trinajstić information content (AvgIpc) is 3.19. The molecule has 0 bridgehead atoms. The summed E-state index contributed by atoms with van der Waals surface area (Å²) >= 11 is 0. The molecule has 184 valence electrons. The van der Waals surface area contributed by atoms with E-state index in [1.54, 1.807) is 6.07 Å². The first-order valence-electron chi connectivity index (χ1n) is 11.5. The molecule has 1 fully saturated rings. The van der Waals surface area contributed by atoms with Crippen LogP contribution in [0, 0.1) is 12.7 Å². The van der Waals surface area contributed by atoms with Gasteiger partial charge >= 0.3 is 12.2 Å². The first-order valence-corrected chi connectivity index (χ1v) is 11.5. The summed E-state index contributed by atoms with van der Waals surface area (Å²) in [7, 11) is 0. The Kier molecular flexibility index (Phi) is 6.00. The molecule has 0 radical (unpaired) electrons. The third kappa shape index (κ3) is 4.88. The number of imidazole rings is 1. The highest BCUT2D eigenvalue weighted by Crippen LogP contribution is 2.31. The number of piperidine rings is 1. The molecule has 1 saturated heterocycles. The van der Waals surface area contributed by atoms with Gasteiger partial charge in [0.2, 0.25) is 0 Å².